The van der Waals surface area contributed by atoms with Crippen molar-refractivity contribution in [3.63, 3.8) is 0 Å². The van der Waals surface area contributed by atoms with Crippen LogP contribution >= 0.6 is 0 Å². The van der Waals surface area contributed by atoms with E-state index in [0.717, 1.165) is 34.6 Å². The molecular formula is C26H33N2O2+. The van der Waals surface area contributed by atoms with Gasteiger partial charge in [-0.2, -0.15) is 0 Å². The molecule has 4 heteroatoms. The Labute approximate surface area is 179 Å². The van der Waals surface area contributed by atoms with Crippen molar-refractivity contribution in [2.75, 3.05) is 13.7 Å². The van der Waals surface area contributed by atoms with Crippen molar-refractivity contribution >= 4 is 5.91 Å². The van der Waals surface area contributed by atoms with Gasteiger partial charge in [-0.1, -0.05) is 42.5 Å². The van der Waals surface area contributed by atoms with Crippen LogP contribution in [0.5, 0.6) is 5.75 Å². The van der Waals surface area contributed by atoms with Gasteiger partial charge in [-0.05, 0) is 60.3 Å². The van der Waals surface area contributed by atoms with Gasteiger partial charge in [-0.3, -0.25) is 4.79 Å². The van der Waals surface area contributed by atoms with Crippen molar-refractivity contribution in [1.82, 2.24) is 5.32 Å². The van der Waals surface area contributed by atoms with Crippen molar-refractivity contribution in [2.45, 2.75) is 50.1 Å². The highest BCUT2D eigenvalue weighted by Crippen LogP contribution is 2.54. The Balaban J connectivity index is 1.28. The van der Waals surface area contributed by atoms with E-state index in [0.29, 0.717) is 12.1 Å². The van der Waals surface area contributed by atoms with Crippen molar-refractivity contribution < 1.29 is 14.8 Å². The van der Waals surface area contributed by atoms with Crippen LogP contribution in [0.25, 0.3) is 0 Å². The molecule has 0 heterocycles. The van der Waals surface area contributed by atoms with Crippen LogP contribution in [0.1, 0.15) is 55.7 Å². The highest BCUT2D eigenvalue weighted by molar-refractivity contribution is 5.77. The minimum Gasteiger partial charge on any atom is -0.497 e. The van der Waals surface area contributed by atoms with Crippen LogP contribution in [0.2, 0.25) is 0 Å². The molecule has 2 aromatic carbocycles. The first kappa shape index (κ1) is 19.6. The first-order valence-corrected chi connectivity index (χ1v) is 11.4. The Morgan fingerprint density at radius 3 is 2.10 bits per heavy atom. The second-order valence-corrected chi connectivity index (χ2v) is 9.87. The quantitative estimate of drug-likeness (QED) is 0.742. The van der Waals surface area contributed by atoms with Crippen LogP contribution in [-0.4, -0.2) is 25.1 Å². The van der Waals surface area contributed by atoms with Crippen LogP contribution in [-0.2, 0) is 4.79 Å². The molecule has 6 rings (SSSR count). The standard InChI is InChI=1S/C26H32N2O2/c1-30-23-9-7-22(8-10-23)25(21-5-3-2-4-6-21)28-24(29)17-27-26-14-18-11-19(15-26)13-20(12-18)16-26/h2-10,18-20,25,27H,11-17H2,1H3,(H,28,29)/p+1/t18?,19?,20?,25-,26?/m1/s1. The number of hydrogen-bond donors (Lipinski definition) is 2. The van der Waals surface area contributed by atoms with Crippen molar-refractivity contribution in [3.05, 3.63) is 65.7 Å². The van der Waals surface area contributed by atoms with Gasteiger partial charge < -0.3 is 15.4 Å². The molecule has 0 aliphatic heterocycles. The number of methoxy groups -OCH3 is 1. The maximum atomic E-state index is 13.0. The van der Waals surface area contributed by atoms with E-state index < -0.39 is 0 Å². The smallest absolute Gasteiger partial charge is 0.275 e. The Morgan fingerprint density at radius 2 is 1.53 bits per heavy atom. The summed E-state index contributed by atoms with van der Waals surface area (Å²) in [4.78, 5) is 13.0. The van der Waals surface area contributed by atoms with E-state index >= 15 is 0 Å². The van der Waals surface area contributed by atoms with Gasteiger partial charge in [0, 0.05) is 19.3 Å². The summed E-state index contributed by atoms with van der Waals surface area (Å²) in [5.74, 6) is 3.67. The van der Waals surface area contributed by atoms with Gasteiger partial charge in [0.2, 0.25) is 0 Å². The normalized spacial score (nSPS) is 30.1. The number of benzene rings is 2. The monoisotopic (exact) mass is 405 g/mol. The second kappa shape index (κ2) is 8.07. The fourth-order valence-corrected chi connectivity index (χ4v) is 6.76. The number of nitrogens with two attached hydrogens (primary N) is 1. The lowest BCUT2D eigenvalue weighted by atomic mass is 9.53. The third kappa shape index (κ3) is 3.98. The number of nitrogens with one attached hydrogen (secondary N) is 1. The lowest BCUT2D eigenvalue weighted by Crippen LogP contribution is -3.00. The zero-order valence-electron chi connectivity index (χ0n) is 17.8. The lowest BCUT2D eigenvalue weighted by Gasteiger charge is -2.54. The number of quaternary nitrogens is 1. The fraction of sp³-hybridized carbons (Fsp3) is 0.500. The summed E-state index contributed by atoms with van der Waals surface area (Å²) in [6.45, 7) is 0.519. The number of ether oxygens (including phenoxy) is 1. The Morgan fingerprint density at radius 1 is 0.967 bits per heavy atom. The molecule has 158 valence electrons. The van der Waals surface area contributed by atoms with E-state index in [1.54, 1.807) is 7.11 Å². The molecule has 2 aromatic rings. The summed E-state index contributed by atoms with van der Waals surface area (Å²) < 4.78 is 5.30. The summed E-state index contributed by atoms with van der Waals surface area (Å²) in [6, 6.07) is 18.1. The fourth-order valence-electron chi connectivity index (χ4n) is 6.76. The number of carbonyl (C=O) groups excluding carboxylic acids is 1. The highest BCUT2D eigenvalue weighted by atomic mass is 16.5. The topological polar surface area (TPSA) is 54.9 Å². The summed E-state index contributed by atoms with van der Waals surface area (Å²) >= 11 is 0. The maximum Gasteiger partial charge on any atom is 0.275 e. The molecule has 0 spiro atoms. The molecule has 4 bridgehead atoms. The molecule has 0 aromatic heterocycles. The molecule has 4 aliphatic carbocycles. The summed E-state index contributed by atoms with van der Waals surface area (Å²) in [6.07, 6.45) is 8.25. The van der Waals surface area contributed by atoms with Gasteiger partial charge in [0.1, 0.15) is 5.75 Å². The SMILES string of the molecule is COc1ccc([C@H](NC(=O)C[NH2+]C23CC4CC(CC(C4)C2)C3)c2ccccc2)cc1. The van der Waals surface area contributed by atoms with Gasteiger partial charge >= 0.3 is 0 Å². The molecule has 30 heavy (non-hydrogen) atoms. The van der Waals surface area contributed by atoms with Crippen molar-refractivity contribution in [2.24, 2.45) is 17.8 Å². The molecule has 0 saturated heterocycles. The predicted octanol–water partition coefficient (Wildman–Crippen LogP) is 3.43. The average molecular weight is 406 g/mol. The molecule has 4 fully saturated rings. The molecular weight excluding hydrogens is 372 g/mol. The highest BCUT2D eigenvalue weighted by Gasteiger charge is 2.53. The van der Waals surface area contributed by atoms with Gasteiger partial charge in [-0.15, -0.1) is 0 Å². The first-order chi connectivity index (χ1) is 14.6. The predicted molar refractivity (Wildman–Crippen MR) is 117 cm³/mol. The van der Waals surface area contributed by atoms with E-state index in [-0.39, 0.29) is 11.9 Å². The number of carbonyl (C=O) groups is 1. The first-order valence-electron chi connectivity index (χ1n) is 11.4. The lowest BCUT2D eigenvalue weighted by molar-refractivity contribution is -0.730. The maximum absolute atomic E-state index is 13.0. The van der Waals surface area contributed by atoms with E-state index in [1.165, 1.54) is 38.5 Å². The molecule has 4 aliphatic rings. The van der Waals surface area contributed by atoms with Crippen molar-refractivity contribution in [3.8, 4) is 5.75 Å². The molecule has 3 N–H and O–H groups in total. The zero-order chi connectivity index (χ0) is 20.6. The minimum atomic E-state index is -0.144. The Bertz CT molecular complexity index is 842. The van der Waals surface area contributed by atoms with Gasteiger partial charge in [0.25, 0.3) is 5.91 Å². The molecule has 1 amide bonds. The van der Waals surface area contributed by atoms with E-state index in [9.17, 15) is 4.79 Å². The minimum absolute atomic E-state index is 0.121. The number of hydrogen-bond acceptors (Lipinski definition) is 2. The Hall–Kier alpha value is -2.33. The van der Waals surface area contributed by atoms with Gasteiger partial charge in [0.15, 0.2) is 6.54 Å². The van der Waals surface area contributed by atoms with E-state index in [1.807, 2.05) is 42.5 Å². The van der Waals surface area contributed by atoms with Crippen LogP contribution in [0.3, 0.4) is 0 Å². The van der Waals surface area contributed by atoms with E-state index in [2.05, 4.69) is 22.8 Å². The largest absolute Gasteiger partial charge is 0.497 e. The van der Waals surface area contributed by atoms with Crippen LogP contribution < -0.4 is 15.4 Å². The molecule has 1 atom stereocenters. The van der Waals surface area contributed by atoms with Crippen molar-refractivity contribution in [1.29, 1.82) is 0 Å². The Kier molecular flexibility index (Phi) is 5.28. The van der Waals surface area contributed by atoms with Gasteiger partial charge in [0.05, 0.1) is 18.7 Å². The average Bonchev–Trinajstić information content (AvgIpc) is 2.76. The summed E-state index contributed by atoms with van der Waals surface area (Å²) in [7, 11) is 1.67. The third-order valence-corrected chi connectivity index (χ3v) is 7.69. The molecule has 0 unspecified atom stereocenters. The van der Waals surface area contributed by atoms with E-state index in [4.69, 9.17) is 4.74 Å². The van der Waals surface area contributed by atoms with Gasteiger partial charge in [-0.25, -0.2) is 0 Å². The van der Waals surface area contributed by atoms with Crippen LogP contribution in [0.15, 0.2) is 54.6 Å². The number of amides is 1. The van der Waals surface area contributed by atoms with Crippen LogP contribution in [0, 0.1) is 17.8 Å². The summed E-state index contributed by atoms with van der Waals surface area (Å²) in [5.41, 5.74) is 2.50. The zero-order valence-corrected chi connectivity index (χ0v) is 17.8. The third-order valence-electron chi connectivity index (χ3n) is 7.69. The number of rotatable bonds is 7. The second-order valence-electron chi connectivity index (χ2n) is 9.87. The molecule has 0 radical (unpaired) electrons. The molecule has 4 saturated carbocycles. The van der Waals surface area contributed by atoms with Crippen LogP contribution in [0.4, 0.5) is 0 Å². The summed E-state index contributed by atoms with van der Waals surface area (Å²) in [5, 5.41) is 5.70. The molecule has 4 nitrogen and oxygen atoms in total.